The van der Waals surface area contributed by atoms with Crippen LogP contribution in [0.15, 0.2) is 53.4 Å². The Bertz CT molecular complexity index is 827. The first-order valence-electron chi connectivity index (χ1n) is 7.59. The Morgan fingerprint density at radius 3 is 2.67 bits per heavy atom. The molecule has 0 aliphatic heterocycles. The van der Waals surface area contributed by atoms with E-state index in [2.05, 4.69) is 34.4 Å². The Labute approximate surface area is 140 Å². The summed E-state index contributed by atoms with van der Waals surface area (Å²) < 4.78 is 5.16. The summed E-state index contributed by atoms with van der Waals surface area (Å²) in [5, 5.41) is 5.90. The van der Waals surface area contributed by atoms with Crippen LogP contribution in [0.1, 0.15) is 27.4 Å². The van der Waals surface area contributed by atoms with E-state index < -0.39 is 0 Å². The molecule has 0 bridgehead atoms. The lowest BCUT2D eigenvalue weighted by atomic mass is 10.1. The first kappa shape index (κ1) is 15.7. The molecule has 0 fully saturated rings. The highest BCUT2D eigenvalue weighted by atomic mass is 16.3. The predicted octanol–water partition coefficient (Wildman–Crippen LogP) is 3.36. The van der Waals surface area contributed by atoms with Crippen molar-refractivity contribution in [3.8, 4) is 0 Å². The largest absolute Gasteiger partial charge is 0.467 e. The first-order valence-corrected chi connectivity index (χ1v) is 7.59. The molecule has 3 rings (SSSR count). The average molecular weight is 322 g/mol. The van der Waals surface area contributed by atoms with E-state index in [1.165, 1.54) is 23.5 Å². The zero-order chi connectivity index (χ0) is 16.9. The van der Waals surface area contributed by atoms with Crippen molar-refractivity contribution in [2.45, 2.75) is 20.4 Å². The summed E-state index contributed by atoms with van der Waals surface area (Å²) in [7, 11) is 0. The Hall–Kier alpha value is -3.15. The number of aryl methyl sites for hydroxylation is 2. The standard InChI is InChI=1S/C18H18N4O2/c1-12-5-6-14(8-13(12)2)22-17-11-19-16(10-20-17)18(23)21-9-15-4-3-7-24-15/h3-8,10-11H,9H2,1-2H3,(H,20,22)(H,21,23). The average Bonchev–Trinajstić information content (AvgIpc) is 3.10. The molecule has 6 nitrogen and oxygen atoms in total. The number of nitrogens with zero attached hydrogens (tertiary/aromatic N) is 2. The van der Waals surface area contributed by atoms with Crippen LogP contribution in [-0.4, -0.2) is 15.9 Å². The Morgan fingerprint density at radius 2 is 2.00 bits per heavy atom. The number of nitrogens with one attached hydrogen (secondary N) is 2. The van der Waals surface area contributed by atoms with Gasteiger partial charge in [-0.1, -0.05) is 6.07 Å². The lowest BCUT2D eigenvalue weighted by Crippen LogP contribution is -2.23. The van der Waals surface area contributed by atoms with Crippen LogP contribution in [0.25, 0.3) is 0 Å². The summed E-state index contributed by atoms with van der Waals surface area (Å²) in [6, 6.07) is 9.63. The molecular formula is C18H18N4O2. The number of benzene rings is 1. The second-order valence-electron chi connectivity index (χ2n) is 5.47. The Morgan fingerprint density at radius 1 is 1.12 bits per heavy atom. The van der Waals surface area contributed by atoms with Gasteiger partial charge in [0.2, 0.25) is 0 Å². The monoisotopic (exact) mass is 322 g/mol. The molecule has 2 heterocycles. The number of anilines is 2. The van der Waals surface area contributed by atoms with Gasteiger partial charge >= 0.3 is 0 Å². The van der Waals surface area contributed by atoms with Crippen LogP contribution < -0.4 is 10.6 Å². The van der Waals surface area contributed by atoms with Gasteiger partial charge in [0.1, 0.15) is 17.3 Å². The summed E-state index contributed by atoms with van der Waals surface area (Å²) >= 11 is 0. The summed E-state index contributed by atoms with van der Waals surface area (Å²) in [6.45, 7) is 4.43. The maximum atomic E-state index is 12.0. The van der Waals surface area contributed by atoms with E-state index in [0.29, 0.717) is 18.1 Å². The van der Waals surface area contributed by atoms with E-state index >= 15 is 0 Å². The molecule has 0 unspecified atom stereocenters. The summed E-state index contributed by atoms with van der Waals surface area (Å²) in [4.78, 5) is 20.4. The minimum atomic E-state index is -0.295. The van der Waals surface area contributed by atoms with Gasteiger partial charge in [-0.3, -0.25) is 4.79 Å². The third kappa shape index (κ3) is 3.78. The lowest BCUT2D eigenvalue weighted by molar-refractivity contribution is 0.0942. The molecule has 0 saturated carbocycles. The number of carbonyl (C=O) groups is 1. The number of carbonyl (C=O) groups excluding carboxylic acids is 1. The van der Waals surface area contributed by atoms with Gasteiger partial charge in [0, 0.05) is 5.69 Å². The number of hydrogen-bond acceptors (Lipinski definition) is 5. The third-order valence-electron chi connectivity index (χ3n) is 3.67. The van der Waals surface area contributed by atoms with Gasteiger partial charge < -0.3 is 15.1 Å². The van der Waals surface area contributed by atoms with Crippen LogP contribution in [0, 0.1) is 13.8 Å². The topological polar surface area (TPSA) is 80.0 Å². The highest BCUT2D eigenvalue weighted by Gasteiger charge is 2.08. The van der Waals surface area contributed by atoms with Crippen LogP contribution in [0.4, 0.5) is 11.5 Å². The molecule has 0 radical (unpaired) electrons. The van der Waals surface area contributed by atoms with E-state index in [-0.39, 0.29) is 11.6 Å². The highest BCUT2D eigenvalue weighted by molar-refractivity contribution is 5.91. The quantitative estimate of drug-likeness (QED) is 0.753. The van der Waals surface area contributed by atoms with Crippen molar-refractivity contribution in [2.75, 3.05) is 5.32 Å². The normalized spacial score (nSPS) is 10.4. The summed E-state index contributed by atoms with van der Waals surface area (Å²) in [5.41, 5.74) is 3.62. The van der Waals surface area contributed by atoms with Crippen molar-refractivity contribution < 1.29 is 9.21 Å². The van der Waals surface area contributed by atoms with Crippen LogP contribution >= 0.6 is 0 Å². The number of aromatic nitrogens is 2. The maximum absolute atomic E-state index is 12.0. The van der Waals surface area contributed by atoms with E-state index in [4.69, 9.17) is 4.42 Å². The fourth-order valence-electron chi connectivity index (χ4n) is 2.15. The number of hydrogen-bond donors (Lipinski definition) is 2. The molecule has 6 heteroatoms. The van der Waals surface area contributed by atoms with Crippen molar-refractivity contribution in [1.82, 2.24) is 15.3 Å². The summed E-state index contributed by atoms with van der Waals surface area (Å²) in [6.07, 6.45) is 4.55. The van der Waals surface area contributed by atoms with Crippen molar-refractivity contribution in [1.29, 1.82) is 0 Å². The van der Waals surface area contributed by atoms with Crippen molar-refractivity contribution in [3.05, 3.63) is 71.6 Å². The molecule has 1 amide bonds. The molecule has 2 N–H and O–H groups in total. The lowest BCUT2D eigenvalue weighted by Gasteiger charge is -2.08. The molecule has 1 aromatic carbocycles. The van der Waals surface area contributed by atoms with Gasteiger partial charge in [-0.05, 0) is 49.2 Å². The van der Waals surface area contributed by atoms with Gasteiger partial charge in [0.05, 0.1) is 25.2 Å². The fraction of sp³-hybridized carbons (Fsp3) is 0.167. The molecule has 0 atom stereocenters. The molecule has 0 aliphatic carbocycles. The zero-order valence-corrected chi connectivity index (χ0v) is 13.5. The fourth-order valence-corrected chi connectivity index (χ4v) is 2.15. The minimum Gasteiger partial charge on any atom is -0.467 e. The van der Waals surface area contributed by atoms with E-state index in [1.54, 1.807) is 18.4 Å². The van der Waals surface area contributed by atoms with Crippen LogP contribution in [0.3, 0.4) is 0 Å². The number of furan rings is 1. The van der Waals surface area contributed by atoms with Crippen LogP contribution in [0.2, 0.25) is 0 Å². The molecule has 0 saturated heterocycles. The molecule has 2 aromatic heterocycles. The number of amides is 1. The van der Waals surface area contributed by atoms with Crippen molar-refractivity contribution in [3.63, 3.8) is 0 Å². The predicted molar refractivity (Wildman–Crippen MR) is 91.1 cm³/mol. The van der Waals surface area contributed by atoms with Gasteiger partial charge in [-0.2, -0.15) is 0 Å². The van der Waals surface area contributed by atoms with Gasteiger partial charge in [0.15, 0.2) is 0 Å². The smallest absolute Gasteiger partial charge is 0.271 e. The molecular weight excluding hydrogens is 304 g/mol. The van der Waals surface area contributed by atoms with Crippen molar-refractivity contribution in [2.24, 2.45) is 0 Å². The second-order valence-corrected chi connectivity index (χ2v) is 5.47. The van der Waals surface area contributed by atoms with E-state index in [0.717, 1.165) is 5.69 Å². The van der Waals surface area contributed by atoms with E-state index in [9.17, 15) is 4.79 Å². The molecule has 24 heavy (non-hydrogen) atoms. The van der Waals surface area contributed by atoms with Gasteiger partial charge in [-0.25, -0.2) is 9.97 Å². The molecule has 3 aromatic rings. The SMILES string of the molecule is Cc1ccc(Nc2cnc(C(=O)NCc3ccco3)cn2)cc1C. The molecule has 0 aliphatic rings. The Kier molecular flexibility index (Phi) is 4.56. The van der Waals surface area contributed by atoms with Crippen LogP contribution in [0.5, 0.6) is 0 Å². The van der Waals surface area contributed by atoms with Gasteiger partial charge in [0.25, 0.3) is 5.91 Å². The van der Waals surface area contributed by atoms with Gasteiger partial charge in [-0.15, -0.1) is 0 Å². The van der Waals surface area contributed by atoms with Crippen molar-refractivity contribution >= 4 is 17.4 Å². The molecule has 0 spiro atoms. The number of rotatable bonds is 5. The van der Waals surface area contributed by atoms with E-state index in [1.807, 2.05) is 18.2 Å². The first-order chi connectivity index (χ1) is 11.6. The highest BCUT2D eigenvalue weighted by Crippen LogP contribution is 2.17. The third-order valence-corrected chi connectivity index (χ3v) is 3.67. The van der Waals surface area contributed by atoms with Crippen LogP contribution in [-0.2, 0) is 6.54 Å². The minimum absolute atomic E-state index is 0.257. The summed E-state index contributed by atoms with van der Waals surface area (Å²) in [5.74, 6) is 0.974. The Balaban J connectivity index is 1.62. The second kappa shape index (κ2) is 6.95. The maximum Gasteiger partial charge on any atom is 0.271 e. The molecule has 122 valence electrons. The zero-order valence-electron chi connectivity index (χ0n) is 13.5.